The van der Waals surface area contributed by atoms with Crippen molar-refractivity contribution in [2.24, 2.45) is 0 Å². The Morgan fingerprint density at radius 1 is 1.29 bits per heavy atom. The number of aliphatic carboxylic acids is 1. The first kappa shape index (κ1) is 16.8. The van der Waals surface area contributed by atoms with Crippen LogP contribution in [0.4, 0.5) is 16.2 Å². The second kappa shape index (κ2) is 7.52. The summed E-state index contributed by atoms with van der Waals surface area (Å²) < 4.78 is 0. The van der Waals surface area contributed by atoms with Crippen molar-refractivity contribution in [3.8, 4) is 0 Å². The van der Waals surface area contributed by atoms with Gasteiger partial charge in [-0.1, -0.05) is 13.0 Å². The molecule has 0 fully saturated rings. The molecule has 0 saturated heterocycles. The standard InChI is InChI=1S/C15H23N3O3/c1-5-8-18(10-14(19)20)15(21)16-12-7-6-11(2)13(9-12)17(3)4/h6-7,9H,5,8,10H2,1-4H3,(H,16,21)(H,19,20). The van der Waals surface area contributed by atoms with Crippen LogP contribution in [0.1, 0.15) is 18.9 Å². The van der Waals surface area contributed by atoms with Crippen LogP contribution in [0.3, 0.4) is 0 Å². The molecule has 6 nitrogen and oxygen atoms in total. The van der Waals surface area contributed by atoms with E-state index in [-0.39, 0.29) is 6.54 Å². The topological polar surface area (TPSA) is 72.9 Å². The second-order valence-corrected chi connectivity index (χ2v) is 5.14. The summed E-state index contributed by atoms with van der Waals surface area (Å²) in [4.78, 5) is 26.2. The van der Waals surface area contributed by atoms with Gasteiger partial charge >= 0.3 is 12.0 Å². The summed E-state index contributed by atoms with van der Waals surface area (Å²) >= 11 is 0. The lowest BCUT2D eigenvalue weighted by Gasteiger charge is -2.22. The summed E-state index contributed by atoms with van der Waals surface area (Å²) in [5, 5.41) is 11.6. The van der Waals surface area contributed by atoms with Gasteiger partial charge in [-0.25, -0.2) is 4.79 Å². The molecule has 0 bridgehead atoms. The van der Waals surface area contributed by atoms with Crippen LogP contribution in [-0.2, 0) is 4.79 Å². The molecule has 0 heterocycles. The highest BCUT2D eigenvalue weighted by Gasteiger charge is 2.16. The van der Waals surface area contributed by atoms with E-state index in [0.717, 1.165) is 11.3 Å². The number of carboxylic acid groups (broad SMARTS) is 1. The fourth-order valence-electron chi connectivity index (χ4n) is 2.06. The van der Waals surface area contributed by atoms with Crippen LogP contribution in [0, 0.1) is 6.92 Å². The molecule has 0 aromatic heterocycles. The number of carbonyl (C=O) groups excluding carboxylic acids is 1. The fourth-order valence-corrected chi connectivity index (χ4v) is 2.06. The van der Waals surface area contributed by atoms with E-state index < -0.39 is 12.0 Å². The number of carbonyl (C=O) groups is 2. The van der Waals surface area contributed by atoms with Gasteiger partial charge in [-0.05, 0) is 31.0 Å². The number of urea groups is 1. The maximum atomic E-state index is 12.1. The minimum atomic E-state index is -1.02. The van der Waals surface area contributed by atoms with E-state index in [1.807, 2.05) is 51.0 Å². The molecule has 0 aliphatic heterocycles. The van der Waals surface area contributed by atoms with Crippen molar-refractivity contribution in [2.45, 2.75) is 20.3 Å². The Kier molecular flexibility index (Phi) is 6.02. The molecule has 6 heteroatoms. The smallest absolute Gasteiger partial charge is 0.323 e. The molecule has 2 N–H and O–H groups in total. The van der Waals surface area contributed by atoms with Crippen LogP contribution in [-0.4, -0.2) is 49.2 Å². The number of hydrogen-bond donors (Lipinski definition) is 2. The van der Waals surface area contributed by atoms with Gasteiger partial charge in [-0.2, -0.15) is 0 Å². The lowest BCUT2D eigenvalue weighted by molar-refractivity contribution is -0.137. The number of nitrogens with zero attached hydrogens (tertiary/aromatic N) is 2. The van der Waals surface area contributed by atoms with E-state index >= 15 is 0 Å². The molecule has 0 saturated carbocycles. The van der Waals surface area contributed by atoms with Crippen LogP contribution < -0.4 is 10.2 Å². The quantitative estimate of drug-likeness (QED) is 0.844. The Balaban J connectivity index is 2.85. The summed E-state index contributed by atoms with van der Waals surface area (Å²) in [6.07, 6.45) is 0.706. The Labute approximate surface area is 125 Å². The molecule has 0 unspecified atom stereocenters. The Morgan fingerprint density at radius 2 is 1.95 bits per heavy atom. The van der Waals surface area contributed by atoms with Crippen LogP contribution in [0.5, 0.6) is 0 Å². The zero-order valence-corrected chi connectivity index (χ0v) is 13.0. The molecule has 2 amide bonds. The molecular weight excluding hydrogens is 270 g/mol. The van der Waals surface area contributed by atoms with Crippen LogP contribution in [0.2, 0.25) is 0 Å². The van der Waals surface area contributed by atoms with E-state index in [0.29, 0.717) is 18.7 Å². The molecule has 0 spiro atoms. The number of hydrogen-bond acceptors (Lipinski definition) is 3. The van der Waals surface area contributed by atoms with Gasteiger partial charge in [0.15, 0.2) is 0 Å². The predicted molar refractivity (Wildman–Crippen MR) is 84.0 cm³/mol. The minimum Gasteiger partial charge on any atom is -0.480 e. The highest BCUT2D eigenvalue weighted by atomic mass is 16.4. The third kappa shape index (κ3) is 4.98. The minimum absolute atomic E-state index is 0.300. The van der Waals surface area contributed by atoms with Gasteiger partial charge in [0.2, 0.25) is 0 Å². The monoisotopic (exact) mass is 293 g/mol. The maximum absolute atomic E-state index is 12.1. The first-order chi connectivity index (χ1) is 9.85. The number of benzene rings is 1. The number of nitrogens with one attached hydrogen (secondary N) is 1. The van der Waals surface area contributed by atoms with Crippen molar-refractivity contribution in [3.63, 3.8) is 0 Å². The Hall–Kier alpha value is -2.24. The van der Waals surface area contributed by atoms with Gasteiger partial charge in [0.05, 0.1) is 0 Å². The Bertz CT molecular complexity index is 515. The van der Waals surface area contributed by atoms with Crippen LogP contribution >= 0.6 is 0 Å². The van der Waals surface area contributed by atoms with Crippen molar-refractivity contribution >= 4 is 23.4 Å². The lowest BCUT2D eigenvalue weighted by atomic mass is 10.1. The molecular formula is C15H23N3O3. The molecule has 0 atom stereocenters. The van der Waals surface area contributed by atoms with Gasteiger partial charge in [0, 0.05) is 32.0 Å². The van der Waals surface area contributed by atoms with Crippen molar-refractivity contribution in [2.75, 3.05) is 37.4 Å². The highest BCUT2D eigenvalue weighted by molar-refractivity contribution is 5.92. The number of rotatable bonds is 6. The number of amides is 2. The van der Waals surface area contributed by atoms with E-state index in [1.54, 1.807) is 0 Å². The number of carboxylic acids is 1. The third-order valence-corrected chi connectivity index (χ3v) is 3.05. The van der Waals surface area contributed by atoms with E-state index in [4.69, 9.17) is 5.11 Å². The zero-order valence-electron chi connectivity index (χ0n) is 13.0. The number of anilines is 2. The summed E-state index contributed by atoms with van der Waals surface area (Å²) in [5.41, 5.74) is 2.77. The van der Waals surface area contributed by atoms with Gasteiger partial charge in [-0.3, -0.25) is 4.79 Å². The average molecular weight is 293 g/mol. The molecule has 21 heavy (non-hydrogen) atoms. The van der Waals surface area contributed by atoms with Gasteiger partial charge < -0.3 is 20.2 Å². The first-order valence-corrected chi connectivity index (χ1v) is 6.90. The van der Waals surface area contributed by atoms with Crippen molar-refractivity contribution in [3.05, 3.63) is 23.8 Å². The van der Waals surface area contributed by atoms with Crippen LogP contribution in [0.15, 0.2) is 18.2 Å². The van der Waals surface area contributed by atoms with E-state index in [2.05, 4.69) is 5.32 Å². The molecule has 0 radical (unpaired) electrons. The summed E-state index contributed by atoms with van der Waals surface area (Å²) in [6.45, 7) is 4.00. The summed E-state index contributed by atoms with van der Waals surface area (Å²) in [5.74, 6) is -1.02. The van der Waals surface area contributed by atoms with Crippen molar-refractivity contribution < 1.29 is 14.7 Å². The molecule has 1 aromatic carbocycles. The van der Waals surface area contributed by atoms with E-state index in [9.17, 15) is 9.59 Å². The molecule has 1 aromatic rings. The highest BCUT2D eigenvalue weighted by Crippen LogP contribution is 2.22. The molecule has 116 valence electrons. The van der Waals surface area contributed by atoms with Gasteiger partial charge in [0.1, 0.15) is 6.54 Å². The first-order valence-electron chi connectivity index (χ1n) is 6.90. The lowest BCUT2D eigenvalue weighted by Crippen LogP contribution is -2.39. The van der Waals surface area contributed by atoms with Gasteiger partial charge in [-0.15, -0.1) is 0 Å². The average Bonchev–Trinajstić information content (AvgIpc) is 2.39. The summed E-state index contributed by atoms with van der Waals surface area (Å²) in [6, 6.07) is 5.21. The molecule has 0 aliphatic carbocycles. The molecule has 0 aliphatic rings. The zero-order chi connectivity index (χ0) is 16.0. The van der Waals surface area contributed by atoms with Crippen molar-refractivity contribution in [1.29, 1.82) is 0 Å². The van der Waals surface area contributed by atoms with Crippen LogP contribution in [0.25, 0.3) is 0 Å². The van der Waals surface area contributed by atoms with E-state index in [1.165, 1.54) is 4.90 Å². The molecule has 1 rings (SSSR count). The van der Waals surface area contributed by atoms with Gasteiger partial charge in [0.25, 0.3) is 0 Å². The number of aryl methyl sites for hydroxylation is 1. The SMILES string of the molecule is CCCN(CC(=O)O)C(=O)Nc1ccc(C)c(N(C)C)c1. The fraction of sp³-hybridized carbons (Fsp3) is 0.467. The third-order valence-electron chi connectivity index (χ3n) is 3.05. The normalized spacial score (nSPS) is 10.1. The van der Waals surface area contributed by atoms with Crippen molar-refractivity contribution in [1.82, 2.24) is 4.90 Å². The second-order valence-electron chi connectivity index (χ2n) is 5.14. The Morgan fingerprint density at radius 3 is 2.48 bits per heavy atom. The largest absolute Gasteiger partial charge is 0.480 e. The maximum Gasteiger partial charge on any atom is 0.323 e. The summed E-state index contributed by atoms with van der Waals surface area (Å²) in [7, 11) is 3.86. The predicted octanol–water partition coefficient (Wildman–Crippen LogP) is 2.39.